The average Bonchev–Trinajstić information content (AvgIpc) is 2.60. The molecule has 0 fully saturated rings. The van der Waals surface area contributed by atoms with Crippen LogP contribution in [0.25, 0.3) is 0 Å². The molecule has 0 saturated carbocycles. The lowest BCUT2D eigenvalue weighted by molar-refractivity contribution is -0.121. The molecule has 0 saturated heterocycles. The summed E-state index contributed by atoms with van der Waals surface area (Å²) in [5.74, 6) is 0.0982. The maximum Gasteiger partial charge on any atom is 0.241 e. The number of hydrogen-bond donors (Lipinski definition) is 2. The van der Waals surface area contributed by atoms with Crippen LogP contribution in [0.1, 0.15) is 6.92 Å². The minimum absolute atomic E-state index is 0.0826. The number of nitrogen functional groups attached to an aromatic ring is 1. The standard InChI is InChI=1S/C8H15N5OS/c1-6(15-2)3-10-7(14)4-13-5-11-8(9)12-13/h5-6H,3-4H2,1-2H3,(H2,9,12)(H,10,14). The van der Waals surface area contributed by atoms with E-state index in [4.69, 9.17) is 5.73 Å². The van der Waals surface area contributed by atoms with E-state index in [-0.39, 0.29) is 18.4 Å². The lowest BCUT2D eigenvalue weighted by Gasteiger charge is -2.09. The first kappa shape index (κ1) is 11.8. The summed E-state index contributed by atoms with van der Waals surface area (Å²) in [5.41, 5.74) is 5.32. The first-order valence-corrected chi connectivity index (χ1v) is 5.85. The fraction of sp³-hybridized carbons (Fsp3) is 0.625. The summed E-state index contributed by atoms with van der Waals surface area (Å²) in [7, 11) is 0. The van der Waals surface area contributed by atoms with E-state index in [1.807, 2.05) is 6.26 Å². The van der Waals surface area contributed by atoms with Crippen LogP contribution in [-0.2, 0) is 11.3 Å². The molecule has 0 radical (unpaired) electrons. The van der Waals surface area contributed by atoms with Crippen LogP contribution in [0, 0.1) is 0 Å². The highest BCUT2D eigenvalue weighted by Crippen LogP contribution is 2.02. The van der Waals surface area contributed by atoms with E-state index in [0.717, 1.165) is 0 Å². The maximum atomic E-state index is 11.4. The van der Waals surface area contributed by atoms with Gasteiger partial charge in [-0.15, -0.1) is 5.10 Å². The van der Waals surface area contributed by atoms with Crippen molar-refractivity contribution in [3.8, 4) is 0 Å². The van der Waals surface area contributed by atoms with E-state index >= 15 is 0 Å². The molecule has 15 heavy (non-hydrogen) atoms. The van der Waals surface area contributed by atoms with Crippen LogP contribution in [0.15, 0.2) is 6.33 Å². The van der Waals surface area contributed by atoms with Gasteiger partial charge in [-0.05, 0) is 6.26 Å². The molecule has 0 aliphatic rings. The fourth-order valence-electron chi connectivity index (χ4n) is 0.929. The number of carbonyl (C=O) groups is 1. The highest BCUT2D eigenvalue weighted by Gasteiger charge is 2.06. The van der Waals surface area contributed by atoms with Crippen molar-refractivity contribution in [2.45, 2.75) is 18.7 Å². The maximum absolute atomic E-state index is 11.4. The van der Waals surface area contributed by atoms with Crippen molar-refractivity contribution in [1.82, 2.24) is 20.1 Å². The highest BCUT2D eigenvalue weighted by molar-refractivity contribution is 7.99. The number of anilines is 1. The Morgan fingerprint density at radius 2 is 2.53 bits per heavy atom. The number of rotatable bonds is 5. The first-order chi connectivity index (χ1) is 7.11. The largest absolute Gasteiger partial charge is 0.367 e. The number of nitrogens with zero attached hydrogens (tertiary/aromatic N) is 3. The number of thioether (sulfide) groups is 1. The molecule has 1 amide bonds. The molecule has 7 heteroatoms. The molecule has 3 N–H and O–H groups in total. The van der Waals surface area contributed by atoms with E-state index in [2.05, 4.69) is 22.3 Å². The highest BCUT2D eigenvalue weighted by atomic mass is 32.2. The molecule has 1 aromatic heterocycles. The molecule has 0 spiro atoms. The fourth-order valence-corrected chi connectivity index (χ4v) is 1.18. The van der Waals surface area contributed by atoms with Crippen molar-refractivity contribution in [2.75, 3.05) is 18.5 Å². The Labute approximate surface area is 92.6 Å². The van der Waals surface area contributed by atoms with Crippen molar-refractivity contribution in [2.24, 2.45) is 0 Å². The number of aromatic nitrogens is 3. The van der Waals surface area contributed by atoms with Gasteiger partial charge in [0.05, 0.1) is 0 Å². The Bertz CT molecular complexity index is 327. The summed E-state index contributed by atoms with van der Waals surface area (Å²) < 4.78 is 1.41. The lowest BCUT2D eigenvalue weighted by Crippen LogP contribution is -2.32. The topological polar surface area (TPSA) is 85.8 Å². The van der Waals surface area contributed by atoms with Crippen molar-refractivity contribution in [1.29, 1.82) is 0 Å². The molecular weight excluding hydrogens is 214 g/mol. The Balaban J connectivity index is 2.30. The SMILES string of the molecule is CSC(C)CNC(=O)Cn1cnc(N)n1. The molecule has 1 aromatic rings. The van der Waals surface area contributed by atoms with E-state index in [0.29, 0.717) is 11.8 Å². The van der Waals surface area contributed by atoms with Crippen LogP contribution in [0.4, 0.5) is 5.95 Å². The van der Waals surface area contributed by atoms with Gasteiger partial charge in [0.1, 0.15) is 12.9 Å². The van der Waals surface area contributed by atoms with Crippen molar-refractivity contribution in [3.05, 3.63) is 6.33 Å². The second-order valence-electron chi connectivity index (χ2n) is 3.15. The van der Waals surface area contributed by atoms with Gasteiger partial charge in [-0.3, -0.25) is 4.79 Å². The van der Waals surface area contributed by atoms with Crippen molar-refractivity contribution < 1.29 is 4.79 Å². The van der Waals surface area contributed by atoms with Crippen LogP contribution in [0.5, 0.6) is 0 Å². The summed E-state index contributed by atoms with van der Waals surface area (Å²) in [5, 5.41) is 7.03. The molecule has 0 aliphatic heterocycles. The third-order valence-electron chi connectivity index (χ3n) is 1.85. The third-order valence-corrected chi connectivity index (χ3v) is 2.82. The zero-order chi connectivity index (χ0) is 11.3. The second kappa shape index (κ2) is 5.59. The first-order valence-electron chi connectivity index (χ1n) is 4.56. The molecule has 0 bridgehead atoms. The monoisotopic (exact) mass is 229 g/mol. The van der Waals surface area contributed by atoms with Crippen molar-refractivity contribution >= 4 is 23.6 Å². The summed E-state index contributed by atoms with van der Waals surface area (Å²) in [4.78, 5) is 15.1. The van der Waals surface area contributed by atoms with E-state index in [1.54, 1.807) is 11.8 Å². The molecule has 0 aliphatic carbocycles. The molecule has 6 nitrogen and oxygen atoms in total. The molecular formula is C8H15N5OS. The minimum atomic E-state index is -0.0826. The van der Waals surface area contributed by atoms with Gasteiger partial charge < -0.3 is 11.1 Å². The molecule has 0 aromatic carbocycles. The summed E-state index contributed by atoms with van der Waals surface area (Å²) >= 11 is 1.71. The Hall–Kier alpha value is -1.24. The Morgan fingerprint density at radius 3 is 3.07 bits per heavy atom. The van der Waals surface area contributed by atoms with Gasteiger partial charge in [-0.1, -0.05) is 6.92 Å². The van der Waals surface area contributed by atoms with Gasteiger partial charge in [0.15, 0.2) is 0 Å². The van der Waals surface area contributed by atoms with Crippen LogP contribution in [0.3, 0.4) is 0 Å². The van der Waals surface area contributed by atoms with Crippen LogP contribution >= 0.6 is 11.8 Å². The van der Waals surface area contributed by atoms with Gasteiger partial charge >= 0.3 is 0 Å². The number of carbonyl (C=O) groups excluding carboxylic acids is 1. The summed E-state index contributed by atoms with van der Waals surface area (Å²) in [6.45, 7) is 2.87. The zero-order valence-corrected chi connectivity index (χ0v) is 9.62. The minimum Gasteiger partial charge on any atom is -0.367 e. The normalized spacial score (nSPS) is 12.4. The molecule has 1 unspecified atom stereocenters. The van der Waals surface area contributed by atoms with Gasteiger partial charge in [0, 0.05) is 11.8 Å². The van der Waals surface area contributed by atoms with Crippen LogP contribution < -0.4 is 11.1 Å². The summed E-state index contributed by atoms with van der Waals surface area (Å²) in [6.07, 6.45) is 3.45. The van der Waals surface area contributed by atoms with Gasteiger partial charge in [0.25, 0.3) is 0 Å². The Kier molecular flexibility index (Phi) is 4.41. The number of nitrogens with one attached hydrogen (secondary N) is 1. The molecule has 84 valence electrons. The number of amides is 1. The van der Waals surface area contributed by atoms with Gasteiger partial charge in [0.2, 0.25) is 11.9 Å². The van der Waals surface area contributed by atoms with E-state index < -0.39 is 0 Å². The smallest absolute Gasteiger partial charge is 0.241 e. The zero-order valence-electron chi connectivity index (χ0n) is 8.80. The summed E-state index contributed by atoms with van der Waals surface area (Å²) in [6, 6.07) is 0. The van der Waals surface area contributed by atoms with E-state index in [1.165, 1.54) is 11.0 Å². The predicted octanol–water partition coefficient (Wildman–Crippen LogP) is -0.272. The van der Waals surface area contributed by atoms with Gasteiger partial charge in [-0.2, -0.15) is 11.8 Å². The third kappa shape index (κ3) is 4.20. The lowest BCUT2D eigenvalue weighted by atomic mass is 10.4. The molecule has 1 heterocycles. The van der Waals surface area contributed by atoms with Crippen LogP contribution in [0.2, 0.25) is 0 Å². The molecule has 1 atom stereocenters. The number of nitrogens with two attached hydrogens (primary N) is 1. The number of hydrogen-bond acceptors (Lipinski definition) is 5. The molecule has 1 rings (SSSR count). The van der Waals surface area contributed by atoms with E-state index in [9.17, 15) is 4.79 Å². The van der Waals surface area contributed by atoms with Gasteiger partial charge in [-0.25, -0.2) is 9.67 Å². The Morgan fingerprint density at radius 1 is 1.80 bits per heavy atom. The van der Waals surface area contributed by atoms with Crippen LogP contribution in [-0.4, -0.2) is 38.7 Å². The predicted molar refractivity (Wildman–Crippen MR) is 60.4 cm³/mol. The van der Waals surface area contributed by atoms with Crippen molar-refractivity contribution in [3.63, 3.8) is 0 Å². The second-order valence-corrected chi connectivity index (χ2v) is 4.43. The average molecular weight is 229 g/mol. The quantitative estimate of drug-likeness (QED) is 0.725.